The van der Waals surface area contributed by atoms with Crippen LogP contribution in [0.5, 0.6) is 17.2 Å². The number of carbonyl (C=O) groups excluding carboxylic acids is 1. The van der Waals surface area contributed by atoms with Crippen molar-refractivity contribution >= 4 is 5.97 Å². The Labute approximate surface area is 159 Å². The maximum atomic E-state index is 12.4. The molecule has 1 saturated heterocycles. The fourth-order valence-corrected chi connectivity index (χ4v) is 2.98. The molecule has 6 heteroatoms. The van der Waals surface area contributed by atoms with E-state index in [2.05, 4.69) is 5.32 Å². The number of piperidine rings is 1. The molecule has 144 valence electrons. The van der Waals surface area contributed by atoms with E-state index in [0.29, 0.717) is 22.8 Å². The van der Waals surface area contributed by atoms with Crippen LogP contribution >= 0.6 is 0 Å². The van der Waals surface area contributed by atoms with Crippen molar-refractivity contribution in [2.75, 3.05) is 27.3 Å². The Morgan fingerprint density at radius 3 is 2.37 bits per heavy atom. The van der Waals surface area contributed by atoms with Gasteiger partial charge in [0.2, 0.25) is 0 Å². The smallest absolute Gasteiger partial charge is 0.338 e. The van der Waals surface area contributed by atoms with Gasteiger partial charge < -0.3 is 24.3 Å². The summed E-state index contributed by atoms with van der Waals surface area (Å²) in [7, 11) is 3.16. The molecule has 0 aliphatic carbocycles. The zero-order valence-corrected chi connectivity index (χ0v) is 15.7. The molecule has 0 aromatic heterocycles. The first-order valence-electron chi connectivity index (χ1n) is 9.04. The summed E-state index contributed by atoms with van der Waals surface area (Å²) in [5.74, 6) is 1.60. The predicted octanol–water partition coefficient (Wildman–Crippen LogP) is 3.19. The van der Waals surface area contributed by atoms with Gasteiger partial charge in [-0.15, -0.1) is 0 Å². The summed E-state index contributed by atoms with van der Waals surface area (Å²) in [6.07, 6.45) is 2.11. The number of ether oxygens (including phenoxy) is 4. The molecule has 0 unspecified atom stereocenters. The number of hydrogen-bond acceptors (Lipinski definition) is 6. The highest BCUT2D eigenvalue weighted by Gasteiger charge is 2.16. The lowest BCUT2D eigenvalue weighted by molar-refractivity contribution is 0.0471. The molecule has 1 N–H and O–H groups in total. The first-order valence-corrected chi connectivity index (χ1v) is 9.04. The Kier molecular flexibility index (Phi) is 6.54. The molecule has 0 atom stereocenters. The lowest BCUT2D eigenvalue weighted by Crippen LogP contribution is -2.34. The van der Waals surface area contributed by atoms with Gasteiger partial charge in [0.1, 0.15) is 30.0 Å². The number of carbonyl (C=O) groups is 1. The average molecular weight is 371 g/mol. The molecule has 27 heavy (non-hydrogen) atoms. The van der Waals surface area contributed by atoms with Crippen LogP contribution in [0.15, 0.2) is 42.5 Å². The van der Waals surface area contributed by atoms with Crippen LogP contribution in [0.4, 0.5) is 0 Å². The number of benzene rings is 2. The van der Waals surface area contributed by atoms with Crippen molar-refractivity contribution in [3.63, 3.8) is 0 Å². The minimum absolute atomic E-state index is 0.131. The molecule has 2 aromatic rings. The van der Waals surface area contributed by atoms with Gasteiger partial charge >= 0.3 is 5.97 Å². The van der Waals surface area contributed by atoms with Crippen molar-refractivity contribution < 1.29 is 23.7 Å². The van der Waals surface area contributed by atoms with Crippen molar-refractivity contribution in [2.45, 2.75) is 25.6 Å². The van der Waals surface area contributed by atoms with Crippen molar-refractivity contribution in [2.24, 2.45) is 0 Å². The summed E-state index contributed by atoms with van der Waals surface area (Å²) in [6.45, 7) is 2.04. The van der Waals surface area contributed by atoms with Crippen molar-refractivity contribution in [1.29, 1.82) is 0 Å². The van der Waals surface area contributed by atoms with Crippen LogP contribution in [0, 0.1) is 0 Å². The van der Waals surface area contributed by atoms with E-state index in [1.54, 1.807) is 32.4 Å². The lowest BCUT2D eigenvalue weighted by atomic mass is 10.1. The van der Waals surface area contributed by atoms with E-state index in [0.717, 1.165) is 31.5 Å². The van der Waals surface area contributed by atoms with Crippen LogP contribution in [0.3, 0.4) is 0 Å². The van der Waals surface area contributed by atoms with Gasteiger partial charge in [-0.1, -0.05) is 6.07 Å². The third-order valence-corrected chi connectivity index (χ3v) is 4.44. The van der Waals surface area contributed by atoms with E-state index in [4.69, 9.17) is 18.9 Å². The number of hydrogen-bond donors (Lipinski definition) is 1. The zero-order valence-electron chi connectivity index (χ0n) is 15.7. The van der Waals surface area contributed by atoms with Gasteiger partial charge in [0.05, 0.1) is 19.8 Å². The first kappa shape index (κ1) is 19.0. The number of nitrogens with one attached hydrogen (secondary N) is 1. The third kappa shape index (κ3) is 5.37. The summed E-state index contributed by atoms with van der Waals surface area (Å²) in [6, 6.07) is 12.5. The molecule has 6 nitrogen and oxygen atoms in total. The quantitative estimate of drug-likeness (QED) is 0.754. The summed E-state index contributed by atoms with van der Waals surface area (Å²) in [5, 5.41) is 3.31. The van der Waals surface area contributed by atoms with Gasteiger partial charge in [-0.25, -0.2) is 4.79 Å². The van der Waals surface area contributed by atoms with Crippen molar-refractivity contribution in [3.8, 4) is 17.2 Å². The largest absolute Gasteiger partial charge is 0.497 e. The minimum Gasteiger partial charge on any atom is -0.497 e. The molecule has 1 aliphatic heterocycles. The second-order valence-electron chi connectivity index (χ2n) is 6.39. The van der Waals surface area contributed by atoms with Crippen LogP contribution in [0.2, 0.25) is 0 Å². The summed E-state index contributed by atoms with van der Waals surface area (Å²) >= 11 is 0. The van der Waals surface area contributed by atoms with Crippen LogP contribution in [-0.2, 0) is 11.3 Å². The topological polar surface area (TPSA) is 66.0 Å². The maximum Gasteiger partial charge on any atom is 0.338 e. The van der Waals surface area contributed by atoms with Gasteiger partial charge in [0.25, 0.3) is 0 Å². The Morgan fingerprint density at radius 2 is 1.70 bits per heavy atom. The zero-order chi connectivity index (χ0) is 19.1. The SMILES string of the molecule is COc1cc(COC(=O)c2cccc(OC3CCNCC3)c2)cc(OC)c1. The van der Waals surface area contributed by atoms with Gasteiger partial charge in [-0.05, 0) is 61.8 Å². The Bertz CT molecular complexity index is 749. The molecule has 0 amide bonds. The highest BCUT2D eigenvalue weighted by molar-refractivity contribution is 5.89. The monoisotopic (exact) mass is 371 g/mol. The number of esters is 1. The van der Waals surface area contributed by atoms with Gasteiger partial charge in [-0.2, -0.15) is 0 Å². The molecule has 1 heterocycles. The number of rotatable bonds is 7. The van der Waals surface area contributed by atoms with Crippen molar-refractivity contribution in [3.05, 3.63) is 53.6 Å². The third-order valence-electron chi connectivity index (χ3n) is 4.44. The highest BCUT2D eigenvalue weighted by Crippen LogP contribution is 2.24. The number of methoxy groups -OCH3 is 2. The van der Waals surface area contributed by atoms with E-state index in [-0.39, 0.29) is 12.7 Å². The minimum atomic E-state index is -0.396. The molecule has 3 rings (SSSR count). The Morgan fingerprint density at radius 1 is 1.00 bits per heavy atom. The van der Waals surface area contributed by atoms with Crippen LogP contribution in [-0.4, -0.2) is 39.4 Å². The second kappa shape index (κ2) is 9.28. The van der Waals surface area contributed by atoms with E-state index in [1.165, 1.54) is 0 Å². The molecular formula is C21H25NO5. The van der Waals surface area contributed by atoms with Crippen LogP contribution in [0.1, 0.15) is 28.8 Å². The fourth-order valence-electron chi connectivity index (χ4n) is 2.98. The summed E-state index contributed by atoms with van der Waals surface area (Å²) < 4.78 is 21.9. The van der Waals surface area contributed by atoms with Gasteiger partial charge in [0.15, 0.2) is 0 Å². The van der Waals surface area contributed by atoms with Crippen LogP contribution < -0.4 is 19.5 Å². The normalized spacial score (nSPS) is 14.4. The molecule has 0 radical (unpaired) electrons. The van der Waals surface area contributed by atoms with E-state index in [1.807, 2.05) is 24.3 Å². The second-order valence-corrected chi connectivity index (χ2v) is 6.39. The van der Waals surface area contributed by atoms with Gasteiger partial charge in [-0.3, -0.25) is 0 Å². The lowest BCUT2D eigenvalue weighted by Gasteiger charge is -2.23. The average Bonchev–Trinajstić information content (AvgIpc) is 2.72. The van der Waals surface area contributed by atoms with E-state index >= 15 is 0 Å². The molecule has 1 aliphatic rings. The van der Waals surface area contributed by atoms with Crippen molar-refractivity contribution in [1.82, 2.24) is 5.32 Å². The Balaban J connectivity index is 1.61. The predicted molar refractivity (Wildman–Crippen MR) is 102 cm³/mol. The molecule has 1 fully saturated rings. The molecule has 0 spiro atoms. The first-order chi connectivity index (χ1) is 13.2. The summed E-state index contributed by atoms with van der Waals surface area (Å²) in [4.78, 5) is 12.4. The van der Waals surface area contributed by atoms with Crippen LogP contribution in [0.25, 0.3) is 0 Å². The maximum absolute atomic E-state index is 12.4. The van der Waals surface area contributed by atoms with E-state index in [9.17, 15) is 4.79 Å². The standard InChI is InChI=1S/C21H25NO5/c1-24-19-10-15(11-20(13-19)25-2)14-26-21(23)16-4-3-5-18(12-16)27-17-6-8-22-9-7-17/h3-5,10-13,17,22H,6-9,14H2,1-2H3. The fraction of sp³-hybridized carbons (Fsp3) is 0.381. The summed E-state index contributed by atoms with van der Waals surface area (Å²) in [5.41, 5.74) is 1.26. The van der Waals surface area contributed by atoms with E-state index < -0.39 is 5.97 Å². The molecule has 0 saturated carbocycles. The molecule has 0 bridgehead atoms. The highest BCUT2D eigenvalue weighted by atomic mass is 16.5. The molecular weight excluding hydrogens is 346 g/mol. The Hall–Kier alpha value is -2.73. The molecule has 2 aromatic carbocycles. The van der Waals surface area contributed by atoms with Gasteiger partial charge in [0, 0.05) is 6.07 Å².